The molecule has 0 fully saturated rings. The van der Waals surface area contributed by atoms with Crippen molar-refractivity contribution in [1.82, 2.24) is 10.6 Å². The molecule has 0 aromatic rings. The number of aliphatic hydroxyl groups is 1. The second-order valence-corrected chi connectivity index (χ2v) is 3.01. The van der Waals surface area contributed by atoms with Crippen molar-refractivity contribution in [3.05, 3.63) is 0 Å². The zero-order chi connectivity index (χ0) is 10.8. The van der Waals surface area contributed by atoms with Gasteiger partial charge in [0.2, 0.25) is 5.91 Å². The summed E-state index contributed by atoms with van der Waals surface area (Å²) in [6.45, 7) is 3.74. The van der Waals surface area contributed by atoms with Crippen LogP contribution in [0.2, 0.25) is 0 Å². The average molecular weight is 204 g/mol. The molecule has 3 N–H and O–H groups in total. The molecule has 1 atom stereocenters. The third-order valence-electron chi connectivity index (χ3n) is 1.73. The third kappa shape index (κ3) is 6.82. The van der Waals surface area contributed by atoms with Crippen molar-refractivity contribution in [2.24, 2.45) is 0 Å². The van der Waals surface area contributed by atoms with Crippen LogP contribution in [0.4, 0.5) is 0 Å². The molecule has 84 valence electrons. The van der Waals surface area contributed by atoms with E-state index in [4.69, 9.17) is 9.84 Å². The van der Waals surface area contributed by atoms with Crippen molar-refractivity contribution >= 4 is 5.91 Å². The zero-order valence-corrected chi connectivity index (χ0v) is 8.88. The first kappa shape index (κ1) is 13.4. The summed E-state index contributed by atoms with van der Waals surface area (Å²) in [5.74, 6) is -0.0675. The number of ether oxygens (including phenoxy) is 1. The highest BCUT2D eigenvalue weighted by Gasteiger charge is 2.09. The predicted molar refractivity (Wildman–Crippen MR) is 54.1 cm³/mol. The molecule has 0 rings (SSSR count). The molecule has 0 aliphatic rings. The van der Waals surface area contributed by atoms with E-state index in [1.54, 1.807) is 0 Å². The average Bonchev–Trinajstić information content (AvgIpc) is 2.17. The Morgan fingerprint density at radius 3 is 2.79 bits per heavy atom. The molecule has 0 spiro atoms. The Morgan fingerprint density at radius 1 is 1.57 bits per heavy atom. The Morgan fingerprint density at radius 2 is 2.29 bits per heavy atom. The van der Waals surface area contributed by atoms with Crippen molar-refractivity contribution in [2.45, 2.75) is 19.4 Å². The summed E-state index contributed by atoms with van der Waals surface area (Å²) in [5, 5.41) is 14.6. The Hall–Kier alpha value is -0.650. The highest BCUT2D eigenvalue weighted by molar-refractivity contribution is 5.76. The largest absolute Gasteiger partial charge is 0.394 e. The topological polar surface area (TPSA) is 70.6 Å². The first-order chi connectivity index (χ1) is 6.74. The summed E-state index contributed by atoms with van der Waals surface area (Å²) < 4.78 is 4.83. The summed E-state index contributed by atoms with van der Waals surface area (Å²) in [5.41, 5.74) is 0. The Bertz CT molecular complexity index is 153. The van der Waals surface area contributed by atoms with Crippen molar-refractivity contribution in [1.29, 1.82) is 0 Å². The number of hydrogen-bond acceptors (Lipinski definition) is 4. The lowest BCUT2D eigenvalue weighted by atomic mass is 10.3. The van der Waals surface area contributed by atoms with Crippen LogP contribution in [0.3, 0.4) is 0 Å². The minimum absolute atomic E-state index is 0.0675. The van der Waals surface area contributed by atoms with Crippen LogP contribution in [0.5, 0.6) is 0 Å². The van der Waals surface area contributed by atoms with Gasteiger partial charge in [-0.3, -0.25) is 4.79 Å². The molecule has 14 heavy (non-hydrogen) atoms. The van der Waals surface area contributed by atoms with Gasteiger partial charge in [0, 0.05) is 20.1 Å². The summed E-state index contributed by atoms with van der Waals surface area (Å²) >= 11 is 0. The van der Waals surface area contributed by atoms with Crippen LogP contribution in [-0.4, -0.2) is 50.5 Å². The number of methoxy groups -OCH3 is 1. The molecule has 0 radical (unpaired) electrons. The highest BCUT2D eigenvalue weighted by Crippen LogP contribution is 1.86. The molecule has 5 nitrogen and oxygen atoms in total. The van der Waals surface area contributed by atoms with Crippen molar-refractivity contribution in [2.75, 3.05) is 33.4 Å². The van der Waals surface area contributed by atoms with Crippen molar-refractivity contribution in [3.8, 4) is 0 Å². The van der Waals surface area contributed by atoms with E-state index in [9.17, 15) is 4.79 Å². The summed E-state index contributed by atoms with van der Waals surface area (Å²) in [6.07, 6.45) is 0.425. The maximum absolute atomic E-state index is 11.2. The Balaban J connectivity index is 3.56. The fraction of sp³-hybridized carbons (Fsp3) is 0.889. The number of aliphatic hydroxyl groups excluding tert-OH is 1. The van der Waals surface area contributed by atoms with Crippen LogP contribution in [-0.2, 0) is 9.53 Å². The van der Waals surface area contributed by atoms with E-state index in [0.29, 0.717) is 19.6 Å². The van der Waals surface area contributed by atoms with E-state index in [2.05, 4.69) is 10.6 Å². The van der Waals surface area contributed by atoms with Gasteiger partial charge in [0.05, 0.1) is 19.3 Å². The van der Waals surface area contributed by atoms with Gasteiger partial charge < -0.3 is 20.5 Å². The van der Waals surface area contributed by atoms with Gasteiger partial charge in [0.15, 0.2) is 0 Å². The monoisotopic (exact) mass is 204 g/mol. The standard InChI is InChI=1S/C9H20N2O3/c1-3-10-5-4-9(13)11-8(6-12)7-14-2/h8,10,12H,3-7H2,1-2H3,(H,11,13). The van der Waals surface area contributed by atoms with Gasteiger partial charge in [0.1, 0.15) is 0 Å². The maximum Gasteiger partial charge on any atom is 0.221 e. The van der Waals surface area contributed by atoms with Crippen LogP contribution >= 0.6 is 0 Å². The second kappa shape index (κ2) is 8.93. The number of amides is 1. The van der Waals surface area contributed by atoms with E-state index < -0.39 is 0 Å². The molecular formula is C9H20N2O3. The molecule has 1 amide bonds. The van der Waals surface area contributed by atoms with Crippen LogP contribution in [0, 0.1) is 0 Å². The first-order valence-electron chi connectivity index (χ1n) is 4.84. The smallest absolute Gasteiger partial charge is 0.221 e. The fourth-order valence-corrected chi connectivity index (χ4v) is 1.02. The highest BCUT2D eigenvalue weighted by atomic mass is 16.5. The van der Waals surface area contributed by atoms with Crippen molar-refractivity contribution < 1.29 is 14.6 Å². The number of carbonyl (C=O) groups excluding carboxylic acids is 1. The maximum atomic E-state index is 11.2. The van der Waals surface area contributed by atoms with Gasteiger partial charge in [-0.15, -0.1) is 0 Å². The van der Waals surface area contributed by atoms with Crippen LogP contribution in [0.15, 0.2) is 0 Å². The lowest BCUT2D eigenvalue weighted by Crippen LogP contribution is -2.41. The van der Waals surface area contributed by atoms with E-state index in [1.807, 2.05) is 6.92 Å². The van der Waals surface area contributed by atoms with Gasteiger partial charge in [-0.05, 0) is 6.54 Å². The normalized spacial score (nSPS) is 12.5. The Kier molecular flexibility index (Phi) is 8.51. The minimum Gasteiger partial charge on any atom is -0.394 e. The number of carbonyl (C=O) groups is 1. The molecular weight excluding hydrogens is 184 g/mol. The molecule has 0 aromatic carbocycles. The third-order valence-corrected chi connectivity index (χ3v) is 1.73. The minimum atomic E-state index is -0.297. The molecule has 0 aromatic heterocycles. The molecule has 0 aliphatic heterocycles. The fourth-order valence-electron chi connectivity index (χ4n) is 1.02. The molecule has 1 unspecified atom stereocenters. The van der Waals surface area contributed by atoms with Crippen LogP contribution in [0.25, 0.3) is 0 Å². The second-order valence-electron chi connectivity index (χ2n) is 3.01. The molecule has 5 heteroatoms. The first-order valence-corrected chi connectivity index (χ1v) is 4.84. The van der Waals surface area contributed by atoms with E-state index >= 15 is 0 Å². The summed E-state index contributed by atoms with van der Waals surface area (Å²) in [6, 6.07) is -0.297. The molecule has 0 bridgehead atoms. The summed E-state index contributed by atoms with van der Waals surface area (Å²) in [7, 11) is 1.54. The van der Waals surface area contributed by atoms with Crippen LogP contribution < -0.4 is 10.6 Å². The number of hydrogen-bond donors (Lipinski definition) is 3. The number of nitrogens with one attached hydrogen (secondary N) is 2. The van der Waals surface area contributed by atoms with E-state index in [-0.39, 0.29) is 18.6 Å². The molecule has 0 heterocycles. The lowest BCUT2D eigenvalue weighted by molar-refractivity contribution is -0.122. The van der Waals surface area contributed by atoms with Gasteiger partial charge in [-0.2, -0.15) is 0 Å². The van der Waals surface area contributed by atoms with Gasteiger partial charge >= 0.3 is 0 Å². The SMILES string of the molecule is CCNCCC(=O)NC(CO)COC. The number of rotatable bonds is 8. The van der Waals surface area contributed by atoms with Crippen molar-refractivity contribution in [3.63, 3.8) is 0 Å². The lowest BCUT2D eigenvalue weighted by Gasteiger charge is -2.14. The van der Waals surface area contributed by atoms with Crippen LogP contribution in [0.1, 0.15) is 13.3 Å². The molecule has 0 aliphatic carbocycles. The zero-order valence-electron chi connectivity index (χ0n) is 8.88. The quantitative estimate of drug-likeness (QED) is 0.449. The predicted octanol–water partition coefficient (Wildman–Crippen LogP) is -0.890. The van der Waals surface area contributed by atoms with Gasteiger partial charge in [-0.1, -0.05) is 6.92 Å². The molecule has 0 saturated carbocycles. The van der Waals surface area contributed by atoms with E-state index in [1.165, 1.54) is 7.11 Å². The summed E-state index contributed by atoms with van der Waals surface area (Å²) in [4.78, 5) is 11.2. The van der Waals surface area contributed by atoms with E-state index in [0.717, 1.165) is 6.54 Å². The van der Waals surface area contributed by atoms with Gasteiger partial charge in [-0.25, -0.2) is 0 Å². The molecule has 0 saturated heterocycles. The Labute approximate surface area is 84.8 Å². The van der Waals surface area contributed by atoms with Gasteiger partial charge in [0.25, 0.3) is 0 Å².